The van der Waals surface area contributed by atoms with Crippen LogP contribution in [0, 0.1) is 5.41 Å². The van der Waals surface area contributed by atoms with Crippen molar-refractivity contribution in [2.45, 2.75) is 45.4 Å². The molecule has 14 heavy (non-hydrogen) atoms. The topological polar surface area (TPSA) is 21.3 Å². The zero-order chi connectivity index (χ0) is 10.3. The molecule has 1 N–H and O–H groups in total. The molecule has 84 valence electrons. The van der Waals surface area contributed by atoms with Crippen LogP contribution in [0.4, 0.5) is 0 Å². The van der Waals surface area contributed by atoms with Crippen LogP contribution in [-0.4, -0.2) is 26.8 Å². The van der Waals surface area contributed by atoms with Crippen molar-refractivity contribution in [2.24, 2.45) is 5.41 Å². The maximum Gasteiger partial charge on any atom is 0.0474 e. The molecule has 0 radical (unpaired) electrons. The summed E-state index contributed by atoms with van der Waals surface area (Å²) >= 11 is 0. The summed E-state index contributed by atoms with van der Waals surface area (Å²) in [5.74, 6) is 0. The summed E-state index contributed by atoms with van der Waals surface area (Å²) in [6.07, 6.45) is 8.24. The summed E-state index contributed by atoms with van der Waals surface area (Å²) in [4.78, 5) is 0. The normalized spacial score (nSPS) is 21.0. The van der Waals surface area contributed by atoms with Crippen molar-refractivity contribution in [3.63, 3.8) is 0 Å². The highest BCUT2D eigenvalue weighted by Gasteiger charge is 2.25. The molecule has 0 unspecified atom stereocenters. The highest BCUT2D eigenvalue weighted by Crippen LogP contribution is 2.34. The second kappa shape index (κ2) is 6.41. The van der Waals surface area contributed by atoms with E-state index in [1.807, 2.05) is 0 Å². The van der Waals surface area contributed by atoms with Crippen molar-refractivity contribution in [3.05, 3.63) is 0 Å². The highest BCUT2D eigenvalue weighted by molar-refractivity contribution is 4.80. The van der Waals surface area contributed by atoms with E-state index >= 15 is 0 Å². The summed E-state index contributed by atoms with van der Waals surface area (Å²) < 4.78 is 5.02. The molecule has 0 bridgehead atoms. The van der Waals surface area contributed by atoms with Crippen LogP contribution in [0.25, 0.3) is 0 Å². The number of rotatable bonds is 6. The van der Waals surface area contributed by atoms with E-state index < -0.39 is 0 Å². The van der Waals surface area contributed by atoms with E-state index in [9.17, 15) is 0 Å². The third kappa shape index (κ3) is 4.43. The Bertz CT molecular complexity index is 141. The Morgan fingerprint density at radius 3 is 2.57 bits per heavy atom. The minimum atomic E-state index is 0.575. The molecule has 1 aliphatic rings. The second-order valence-corrected chi connectivity index (χ2v) is 4.89. The molecule has 0 heterocycles. The molecule has 1 rings (SSSR count). The Morgan fingerprint density at radius 2 is 1.93 bits per heavy atom. The fourth-order valence-electron chi connectivity index (χ4n) is 2.31. The molecule has 0 saturated heterocycles. The summed E-state index contributed by atoms with van der Waals surface area (Å²) in [7, 11) is 1.77. The minimum absolute atomic E-state index is 0.575. The average Bonchev–Trinajstić information content (AvgIpc) is 2.18. The van der Waals surface area contributed by atoms with Crippen LogP contribution in [-0.2, 0) is 4.74 Å². The summed E-state index contributed by atoms with van der Waals surface area (Å²) in [6.45, 7) is 5.60. The van der Waals surface area contributed by atoms with Crippen LogP contribution in [0.3, 0.4) is 0 Å². The first kappa shape index (κ1) is 12.0. The van der Waals surface area contributed by atoms with Gasteiger partial charge in [0, 0.05) is 20.3 Å². The Kier molecular flexibility index (Phi) is 5.49. The highest BCUT2D eigenvalue weighted by atomic mass is 16.5. The van der Waals surface area contributed by atoms with Gasteiger partial charge >= 0.3 is 0 Å². The van der Waals surface area contributed by atoms with E-state index in [-0.39, 0.29) is 0 Å². The predicted octanol–water partition coefficient (Wildman–Crippen LogP) is 2.58. The first-order chi connectivity index (χ1) is 6.77. The van der Waals surface area contributed by atoms with Gasteiger partial charge in [-0.25, -0.2) is 0 Å². The van der Waals surface area contributed by atoms with Crippen molar-refractivity contribution < 1.29 is 4.74 Å². The first-order valence-corrected chi connectivity index (χ1v) is 5.96. The zero-order valence-electron chi connectivity index (χ0n) is 9.77. The van der Waals surface area contributed by atoms with Gasteiger partial charge in [0.2, 0.25) is 0 Å². The third-order valence-electron chi connectivity index (χ3n) is 3.31. The molecule has 1 fully saturated rings. The molecule has 0 aromatic heterocycles. The maximum absolute atomic E-state index is 5.02. The first-order valence-electron chi connectivity index (χ1n) is 5.96. The van der Waals surface area contributed by atoms with E-state index in [2.05, 4.69) is 12.2 Å². The van der Waals surface area contributed by atoms with E-state index in [0.717, 1.165) is 19.6 Å². The van der Waals surface area contributed by atoms with E-state index in [4.69, 9.17) is 4.74 Å². The molecule has 0 aromatic rings. The Morgan fingerprint density at radius 1 is 1.21 bits per heavy atom. The van der Waals surface area contributed by atoms with Gasteiger partial charge in [0.05, 0.1) is 0 Å². The molecular weight excluding hydrogens is 174 g/mol. The Balaban J connectivity index is 2.03. The largest absolute Gasteiger partial charge is 0.385 e. The predicted molar refractivity (Wildman–Crippen MR) is 60.6 cm³/mol. The van der Waals surface area contributed by atoms with Gasteiger partial charge in [-0.2, -0.15) is 0 Å². The fraction of sp³-hybridized carbons (Fsp3) is 1.00. The number of ether oxygens (including phenoxy) is 1. The lowest BCUT2D eigenvalue weighted by Crippen LogP contribution is -2.34. The van der Waals surface area contributed by atoms with Gasteiger partial charge in [0.15, 0.2) is 0 Å². The van der Waals surface area contributed by atoms with E-state index in [0.29, 0.717) is 5.41 Å². The second-order valence-electron chi connectivity index (χ2n) is 4.89. The van der Waals surface area contributed by atoms with Crippen LogP contribution in [0.1, 0.15) is 45.4 Å². The van der Waals surface area contributed by atoms with Crippen LogP contribution in [0.5, 0.6) is 0 Å². The molecule has 0 spiro atoms. The van der Waals surface area contributed by atoms with Gasteiger partial charge in [0.1, 0.15) is 0 Å². The van der Waals surface area contributed by atoms with Crippen molar-refractivity contribution >= 4 is 0 Å². The molecule has 0 atom stereocenters. The van der Waals surface area contributed by atoms with Gasteiger partial charge in [-0.3, -0.25) is 0 Å². The SMILES string of the molecule is COCCCNCC1(C)CCCCC1. The molecule has 1 aliphatic carbocycles. The van der Waals surface area contributed by atoms with Crippen LogP contribution >= 0.6 is 0 Å². The van der Waals surface area contributed by atoms with Crippen LogP contribution < -0.4 is 5.32 Å². The van der Waals surface area contributed by atoms with Crippen LogP contribution in [0.15, 0.2) is 0 Å². The van der Waals surface area contributed by atoms with Crippen molar-refractivity contribution in [1.82, 2.24) is 5.32 Å². The zero-order valence-corrected chi connectivity index (χ0v) is 9.77. The lowest BCUT2D eigenvalue weighted by Gasteiger charge is -2.33. The van der Waals surface area contributed by atoms with Gasteiger partial charge in [-0.05, 0) is 31.2 Å². The Labute approximate surface area is 88.4 Å². The lowest BCUT2D eigenvalue weighted by molar-refractivity contribution is 0.184. The standard InChI is InChI=1S/C12H25NO/c1-12(7-4-3-5-8-12)11-13-9-6-10-14-2/h13H,3-11H2,1-2H3. The Hall–Kier alpha value is -0.0800. The molecule has 2 heteroatoms. The van der Waals surface area contributed by atoms with Gasteiger partial charge in [0.25, 0.3) is 0 Å². The smallest absolute Gasteiger partial charge is 0.0474 e. The van der Waals surface area contributed by atoms with Crippen molar-refractivity contribution in [1.29, 1.82) is 0 Å². The van der Waals surface area contributed by atoms with Gasteiger partial charge < -0.3 is 10.1 Å². The summed E-state index contributed by atoms with van der Waals surface area (Å²) in [5.41, 5.74) is 0.575. The van der Waals surface area contributed by atoms with E-state index in [1.165, 1.54) is 38.6 Å². The monoisotopic (exact) mass is 199 g/mol. The summed E-state index contributed by atoms with van der Waals surface area (Å²) in [6, 6.07) is 0. The number of hydrogen-bond acceptors (Lipinski definition) is 2. The number of methoxy groups -OCH3 is 1. The third-order valence-corrected chi connectivity index (χ3v) is 3.31. The minimum Gasteiger partial charge on any atom is -0.385 e. The number of hydrogen-bond donors (Lipinski definition) is 1. The van der Waals surface area contributed by atoms with Crippen molar-refractivity contribution in [2.75, 3.05) is 26.8 Å². The van der Waals surface area contributed by atoms with E-state index in [1.54, 1.807) is 7.11 Å². The average molecular weight is 199 g/mol. The van der Waals surface area contributed by atoms with Crippen LogP contribution in [0.2, 0.25) is 0 Å². The van der Waals surface area contributed by atoms with Gasteiger partial charge in [-0.15, -0.1) is 0 Å². The molecule has 2 nitrogen and oxygen atoms in total. The molecule has 0 aliphatic heterocycles. The fourth-order valence-corrected chi connectivity index (χ4v) is 2.31. The maximum atomic E-state index is 5.02. The summed E-state index contributed by atoms with van der Waals surface area (Å²) in [5, 5.41) is 3.55. The molecular formula is C12H25NO. The molecule has 1 saturated carbocycles. The lowest BCUT2D eigenvalue weighted by atomic mass is 9.76. The quantitative estimate of drug-likeness (QED) is 0.664. The van der Waals surface area contributed by atoms with Gasteiger partial charge in [-0.1, -0.05) is 26.2 Å². The number of nitrogens with one attached hydrogen (secondary N) is 1. The molecule has 0 amide bonds. The molecule has 0 aromatic carbocycles. The van der Waals surface area contributed by atoms with Crippen molar-refractivity contribution in [3.8, 4) is 0 Å².